The van der Waals surface area contributed by atoms with Crippen molar-refractivity contribution in [3.8, 4) is 0 Å². The van der Waals surface area contributed by atoms with Gasteiger partial charge in [0.05, 0.1) is 11.4 Å². The van der Waals surface area contributed by atoms with Gasteiger partial charge in [-0.1, -0.05) is 30.3 Å². The first-order valence-electron chi connectivity index (χ1n) is 6.47. The average molecular weight is 258 g/mol. The lowest BCUT2D eigenvalue weighted by molar-refractivity contribution is 0.628. The fourth-order valence-electron chi connectivity index (χ4n) is 2.16. The molecule has 3 heteroatoms. The Kier molecular flexibility index (Phi) is 4.39. The highest BCUT2D eigenvalue weighted by Gasteiger charge is 2.06. The molecule has 2 nitrogen and oxygen atoms in total. The van der Waals surface area contributed by atoms with Gasteiger partial charge in [-0.2, -0.15) is 0 Å². The van der Waals surface area contributed by atoms with Crippen LogP contribution in [0.4, 0.5) is 15.8 Å². The van der Waals surface area contributed by atoms with Gasteiger partial charge in [-0.25, -0.2) is 4.39 Å². The molecule has 19 heavy (non-hydrogen) atoms. The van der Waals surface area contributed by atoms with Crippen molar-refractivity contribution in [3.05, 3.63) is 59.9 Å². The van der Waals surface area contributed by atoms with Crippen molar-refractivity contribution in [1.82, 2.24) is 0 Å². The van der Waals surface area contributed by atoms with Gasteiger partial charge in [-0.05, 0) is 36.6 Å². The van der Waals surface area contributed by atoms with Crippen LogP contribution in [-0.4, -0.2) is 13.6 Å². The highest BCUT2D eigenvalue weighted by atomic mass is 19.1. The molecule has 0 heterocycles. The zero-order chi connectivity index (χ0) is 13.7. The topological polar surface area (TPSA) is 29.3 Å². The summed E-state index contributed by atoms with van der Waals surface area (Å²) in [5.41, 5.74) is 8.53. The summed E-state index contributed by atoms with van der Waals surface area (Å²) in [5, 5.41) is 0. The quantitative estimate of drug-likeness (QED) is 0.832. The number of nitrogen functional groups attached to an aromatic ring is 1. The minimum atomic E-state index is -0.293. The van der Waals surface area contributed by atoms with E-state index in [9.17, 15) is 4.39 Å². The van der Waals surface area contributed by atoms with Crippen LogP contribution in [0.25, 0.3) is 0 Å². The van der Waals surface area contributed by atoms with Crippen LogP contribution in [-0.2, 0) is 6.42 Å². The van der Waals surface area contributed by atoms with Gasteiger partial charge in [-0.15, -0.1) is 0 Å². The lowest BCUT2D eigenvalue weighted by Gasteiger charge is -2.21. The highest BCUT2D eigenvalue weighted by Crippen LogP contribution is 2.23. The summed E-state index contributed by atoms with van der Waals surface area (Å²) in [4.78, 5) is 2.07. The second-order valence-electron chi connectivity index (χ2n) is 4.71. The maximum Gasteiger partial charge on any atom is 0.125 e. The van der Waals surface area contributed by atoms with Crippen LogP contribution in [0.3, 0.4) is 0 Å². The van der Waals surface area contributed by atoms with Gasteiger partial charge in [0.1, 0.15) is 5.82 Å². The van der Waals surface area contributed by atoms with E-state index in [2.05, 4.69) is 29.2 Å². The summed E-state index contributed by atoms with van der Waals surface area (Å²) < 4.78 is 13.0. The molecule has 0 aliphatic heterocycles. The van der Waals surface area contributed by atoms with Crippen molar-refractivity contribution < 1.29 is 4.39 Å². The van der Waals surface area contributed by atoms with Gasteiger partial charge in [0.15, 0.2) is 0 Å². The number of anilines is 2. The predicted octanol–water partition coefficient (Wildman–Crippen LogP) is 3.48. The molecule has 0 atom stereocenters. The van der Waals surface area contributed by atoms with E-state index in [4.69, 9.17) is 5.73 Å². The first-order chi connectivity index (χ1) is 9.16. The molecule has 0 bridgehead atoms. The minimum absolute atomic E-state index is 0.293. The molecule has 2 N–H and O–H groups in total. The molecule has 0 aliphatic rings. The molecular weight excluding hydrogens is 239 g/mol. The Labute approximate surface area is 113 Å². The van der Waals surface area contributed by atoms with E-state index in [1.54, 1.807) is 6.07 Å². The van der Waals surface area contributed by atoms with Gasteiger partial charge < -0.3 is 10.6 Å². The van der Waals surface area contributed by atoms with E-state index >= 15 is 0 Å². The summed E-state index contributed by atoms with van der Waals surface area (Å²) >= 11 is 0. The molecule has 0 fully saturated rings. The number of hydrogen-bond donors (Lipinski definition) is 1. The molecule has 0 aliphatic carbocycles. The lowest BCUT2D eigenvalue weighted by Crippen LogP contribution is -2.20. The van der Waals surface area contributed by atoms with Gasteiger partial charge >= 0.3 is 0 Å². The van der Waals surface area contributed by atoms with Crippen LogP contribution in [0.5, 0.6) is 0 Å². The SMILES string of the molecule is CN(CCCc1ccccc1)c1ccc(F)cc1N. The van der Waals surface area contributed by atoms with Crippen LogP contribution in [0, 0.1) is 5.82 Å². The maximum atomic E-state index is 13.0. The smallest absolute Gasteiger partial charge is 0.125 e. The van der Waals surface area contributed by atoms with Crippen molar-refractivity contribution in [2.24, 2.45) is 0 Å². The highest BCUT2D eigenvalue weighted by molar-refractivity contribution is 5.67. The Hall–Kier alpha value is -2.03. The van der Waals surface area contributed by atoms with Crippen LogP contribution in [0.15, 0.2) is 48.5 Å². The summed E-state index contributed by atoms with van der Waals surface area (Å²) in [5.74, 6) is -0.293. The Morgan fingerprint density at radius 2 is 1.84 bits per heavy atom. The summed E-state index contributed by atoms with van der Waals surface area (Å²) in [7, 11) is 1.98. The van der Waals surface area contributed by atoms with Crippen molar-refractivity contribution >= 4 is 11.4 Å². The van der Waals surface area contributed by atoms with E-state index in [0.717, 1.165) is 25.1 Å². The molecule has 100 valence electrons. The van der Waals surface area contributed by atoms with Crippen LogP contribution < -0.4 is 10.6 Å². The zero-order valence-electron chi connectivity index (χ0n) is 11.1. The van der Waals surface area contributed by atoms with Gasteiger partial charge in [0, 0.05) is 13.6 Å². The number of nitrogens with two attached hydrogens (primary N) is 1. The molecular formula is C16H19FN2. The second-order valence-corrected chi connectivity index (χ2v) is 4.71. The van der Waals surface area contributed by atoms with E-state index in [1.165, 1.54) is 17.7 Å². The Morgan fingerprint density at radius 3 is 2.53 bits per heavy atom. The van der Waals surface area contributed by atoms with Crippen molar-refractivity contribution in [3.63, 3.8) is 0 Å². The Balaban J connectivity index is 1.89. The zero-order valence-corrected chi connectivity index (χ0v) is 11.1. The normalized spacial score (nSPS) is 10.4. The third-order valence-corrected chi connectivity index (χ3v) is 3.20. The van der Waals surface area contributed by atoms with Crippen LogP contribution in [0.2, 0.25) is 0 Å². The molecule has 0 saturated heterocycles. The molecule has 0 spiro atoms. The number of halogens is 1. The average Bonchev–Trinajstić information content (AvgIpc) is 2.39. The molecule has 0 unspecified atom stereocenters. The monoisotopic (exact) mass is 258 g/mol. The van der Waals surface area contributed by atoms with Crippen LogP contribution >= 0.6 is 0 Å². The molecule has 2 aromatic carbocycles. The number of hydrogen-bond acceptors (Lipinski definition) is 2. The fourth-order valence-corrected chi connectivity index (χ4v) is 2.16. The molecule has 0 amide bonds. The Bertz CT molecular complexity index is 526. The number of rotatable bonds is 5. The third kappa shape index (κ3) is 3.71. The van der Waals surface area contributed by atoms with Crippen molar-refractivity contribution in [2.75, 3.05) is 24.2 Å². The first kappa shape index (κ1) is 13.4. The van der Waals surface area contributed by atoms with Crippen LogP contribution in [0.1, 0.15) is 12.0 Å². The van der Waals surface area contributed by atoms with Gasteiger partial charge in [-0.3, -0.25) is 0 Å². The predicted molar refractivity (Wildman–Crippen MR) is 78.8 cm³/mol. The number of nitrogens with zero attached hydrogens (tertiary/aromatic N) is 1. The fraction of sp³-hybridized carbons (Fsp3) is 0.250. The van der Waals surface area contributed by atoms with E-state index < -0.39 is 0 Å². The lowest BCUT2D eigenvalue weighted by atomic mass is 10.1. The third-order valence-electron chi connectivity index (χ3n) is 3.20. The molecule has 2 aromatic rings. The largest absolute Gasteiger partial charge is 0.397 e. The molecule has 0 radical (unpaired) electrons. The molecule has 0 aromatic heterocycles. The van der Waals surface area contributed by atoms with E-state index in [-0.39, 0.29) is 5.82 Å². The number of benzene rings is 2. The van der Waals surface area contributed by atoms with Gasteiger partial charge in [0.2, 0.25) is 0 Å². The number of aryl methyl sites for hydroxylation is 1. The van der Waals surface area contributed by atoms with Crippen molar-refractivity contribution in [1.29, 1.82) is 0 Å². The molecule has 2 rings (SSSR count). The minimum Gasteiger partial charge on any atom is -0.397 e. The molecule has 0 saturated carbocycles. The summed E-state index contributed by atoms with van der Waals surface area (Å²) in [6.07, 6.45) is 2.07. The van der Waals surface area contributed by atoms with Gasteiger partial charge in [0.25, 0.3) is 0 Å². The van der Waals surface area contributed by atoms with Crippen molar-refractivity contribution in [2.45, 2.75) is 12.8 Å². The van der Waals surface area contributed by atoms with E-state index in [0.29, 0.717) is 5.69 Å². The Morgan fingerprint density at radius 1 is 1.11 bits per heavy atom. The van der Waals surface area contributed by atoms with E-state index in [1.807, 2.05) is 13.1 Å². The second kappa shape index (κ2) is 6.23. The first-order valence-corrected chi connectivity index (χ1v) is 6.47. The summed E-state index contributed by atoms with van der Waals surface area (Å²) in [6, 6.07) is 14.9. The summed E-state index contributed by atoms with van der Waals surface area (Å²) in [6.45, 7) is 0.894. The standard InChI is InChI=1S/C16H19FN2/c1-19(16-10-9-14(17)12-15(16)18)11-5-8-13-6-3-2-4-7-13/h2-4,6-7,9-10,12H,5,8,11,18H2,1H3. The maximum absolute atomic E-state index is 13.0.